The molecule has 0 N–H and O–H groups in total. The summed E-state index contributed by atoms with van der Waals surface area (Å²) in [6.45, 7) is -0.302. The molecule has 2 aromatic heterocycles. The van der Waals surface area contributed by atoms with Crippen LogP contribution in [0.4, 0.5) is 17.6 Å². The van der Waals surface area contributed by atoms with Crippen molar-refractivity contribution in [2.75, 3.05) is 0 Å². The minimum Gasteiger partial charge on any atom is -0.489 e. The summed E-state index contributed by atoms with van der Waals surface area (Å²) in [5, 5.41) is 4.51. The maximum absolute atomic E-state index is 14.0. The van der Waals surface area contributed by atoms with E-state index >= 15 is 0 Å². The molecule has 1 aliphatic rings. The fourth-order valence-electron chi connectivity index (χ4n) is 4.64. The normalized spacial score (nSPS) is 15.1. The minimum atomic E-state index is -4.54. The van der Waals surface area contributed by atoms with Crippen molar-refractivity contribution in [2.24, 2.45) is 0 Å². The van der Waals surface area contributed by atoms with E-state index in [-0.39, 0.29) is 12.2 Å². The van der Waals surface area contributed by atoms with Gasteiger partial charge in [-0.1, -0.05) is 31.4 Å². The Morgan fingerprint density at radius 1 is 0.971 bits per heavy atom. The van der Waals surface area contributed by atoms with Gasteiger partial charge >= 0.3 is 6.18 Å². The second-order valence-electron chi connectivity index (χ2n) is 8.61. The quantitative estimate of drug-likeness (QED) is 0.291. The van der Waals surface area contributed by atoms with Gasteiger partial charge in [0.05, 0.1) is 17.5 Å². The summed E-state index contributed by atoms with van der Waals surface area (Å²) in [5.74, 6) is 0.0993. The summed E-state index contributed by atoms with van der Waals surface area (Å²) in [4.78, 5) is 4.54. The molecule has 34 heavy (non-hydrogen) atoms. The number of hydrogen-bond donors (Lipinski definition) is 0. The van der Waals surface area contributed by atoms with Crippen molar-refractivity contribution in [3.05, 3.63) is 83.6 Å². The van der Waals surface area contributed by atoms with E-state index in [9.17, 15) is 17.6 Å². The summed E-state index contributed by atoms with van der Waals surface area (Å²) in [6.07, 6.45) is 4.92. The van der Waals surface area contributed by atoms with Gasteiger partial charge in [-0.3, -0.25) is 0 Å². The van der Waals surface area contributed by atoms with Crippen molar-refractivity contribution in [3.63, 3.8) is 0 Å². The van der Waals surface area contributed by atoms with Gasteiger partial charge in [0.2, 0.25) is 0 Å². The highest BCUT2D eigenvalue weighted by atomic mass is 19.4. The Hall–Kier alpha value is -3.42. The highest BCUT2D eigenvalue weighted by Crippen LogP contribution is 2.38. The fraction of sp³-hybridized carbons (Fsp3) is 0.308. The first-order valence-electron chi connectivity index (χ1n) is 11.3. The van der Waals surface area contributed by atoms with Crippen molar-refractivity contribution < 1.29 is 22.3 Å². The van der Waals surface area contributed by atoms with E-state index in [0.29, 0.717) is 11.7 Å². The van der Waals surface area contributed by atoms with Gasteiger partial charge in [-0.2, -0.15) is 18.3 Å². The predicted molar refractivity (Wildman–Crippen MR) is 120 cm³/mol. The van der Waals surface area contributed by atoms with Crippen LogP contribution in [-0.4, -0.2) is 14.6 Å². The van der Waals surface area contributed by atoms with E-state index in [4.69, 9.17) is 4.74 Å². The molecule has 2 heterocycles. The first-order chi connectivity index (χ1) is 16.4. The van der Waals surface area contributed by atoms with Crippen molar-refractivity contribution >= 4 is 5.65 Å². The lowest BCUT2D eigenvalue weighted by molar-refractivity contribution is -0.137. The minimum absolute atomic E-state index is 0.146. The molecule has 0 saturated heterocycles. The molecule has 0 spiro atoms. The number of fused-ring (bicyclic) bond motifs is 1. The van der Waals surface area contributed by atoms with Crippen LogP contribution in [0.1, 0.15) is 54.8 Å². The molecule has 0 radical (unpaired) electrons. The topological polar surface area (TPSA) is 39.4 Å². The van der Waals surface area contributed by atoms with E-state index in [1.165, 1.54) is 19.3 Å². The second kappa shape index (κ2) is 9.08. The van der Waals surface area contributed by atoms with E-state index in [1.54, 1.807) is 18.3 Å². The van der Waals surface area contributed by atoms with E-state index in [0.717, 1.165) is 53.5 Å². The third kappa shape index (κ3) is 4.49. The second-order valence-corrected chi connectivity index (χ2v) is 8.61. The molecule has 5 rings (SSSR count). The Balaban J connectivity index is 1.39. The van der Waals surface area contributed by atoms with Gasteiger partial charge in [-0.05, 0) is 48.7 Å². The number of rotatable bonds is 5. The van der Waals surface area contributed by atoms with Crippen molar-refractivity contribution in [2.45, 2.75) is 50.8 Å². The van der Waals surface area contributed by atoms with Crippen LogP contribution in [0.2, 0.25) is 0 Å². The highest BCUT2D eigenvalue weighted by molar-refractivity contribution is 5.68. The standard InChI is InChI=1S/C26H23F4N3O/c27-23-11-8-20(26(28,29)30)14-19(23)16-34-21-9-6-17(7-10-21)22-15-31-24-12-13-32-33(24)25(22)18-4-2-1-3-5-18/h6-15,18H,1-5,16H2. The van der Waals surface area contributed by atoms with Gasteiger partial charge in [0.25, 0.3) is 0 Å². The highest BCUT2D eigenvalue weighted by Gasteiger charge is 2.31. The monoisotopic (exact) mass is 469 g/mol. The number of halogens is 4. The molecule has 1 aliphatic carbocycles. The smallest absolute Gasteiger partial charge is 0.416 e. The third-order valence-electron chi connectivity index (χ3n) is 6.38. The van der Waals surface area contributed by atoms with Crippen LogP contribution in [0.3, 0.4) is 0 Å². The molecule has 0 bridgehead atoms. The predicted octanol–water partition coefficient (Wildman–Crippen LogP) is 7.18. The maximum atomic E-state index is 14.0. The molecule has 1 fully saturated rings. The summed E-state index contributed by atoms with van der Waals surface area (Å²) in [6, 6.07) is 11.5. The molecule has 4 aromatic rings. The molecule has 176 valence electrons. The molecule has 0 unspecified atom stereocenters. The van der Waals surface area contributed by atoms with Crippen LogP contribution in [0, 0.1) is 5.82 Å². The fourth-order valence-corrected chi connectivity index (χ4v) is 4.64. The number of hydrogen-bond acceptors (Lipinski definition) is 3. The molecular formula is C26H23F4N3O. The maximum Gasteiger partial charge on any atom is 0.416 e. The molecule has 0 amide bonds. The average Bonchev–Trinajstić information content (AvgIpc) is 3.32. The van der Waals surface area contributed by atoms with Crippen molar-refractivity contribution in [1.29, 1.82) is 0 Å². The number of aromatic nitrogens is 3. The Kier molecular flexibility index (Phi) is 5.98. The molecule has 8 heteroatoms. The number of ether oxygens (including phenoxy) is 1. The largest absolute Gasteiger partial charge is 0.489 e. The van der Waals surface area contributed by atoms with Crippen LogP contribution < -0.4 is 4.74 Å². The molecule has 1 saturated carbocycles. The van der Waals surface area contributed by atoms with Gasteiger partial charge < -0.3 is 4.74 Å². The first kappa shape index (κ1) is 22.4. The zero-order valence-corrected chi connectivity index (χ0v) is 18.4. The lowest BCUT2D eigenvalue weighted by atomic mass is 9.84. The van der Waals surface area contributed by atoms with Gasteiger partial charge in [0.15, 0.2) is 5.65 Å². The van der Waals surface area contributed by atoms with Crippen LogP contribution in [0.25, 0.3) is 16.8 Å². The summed E-state index contributed by atoms with van der Waals surface area (Å²) in [5.41, 5.74) is 2.86. The van der Waals surface area contributed by atoms with Crippen LogP contribution in [-0.2, 0) is 12.8 Å². The molecule has 0 atom stereocenters. The third-order valence-corrected chi connectivity index (χ3v) is 6.38. The average molecular weight is 469 g/mol. The van der Waals surface area contributed by atoms with Gasteiger partial charge in [-0.25, -0.2) is 13.9 Å². The zero-order chi connectivity index (χ0) is 23.7. The van der Waals surface area contributed by atoms with E-state index in [1.807, 2.05) is 28.9 Å². The number of alkyl halides is 3. The Morgan fingerprint density at radius 2 is 1.74 bits per heavy atom. The summed E-state index contributed by atoms with van der Waals surface area (Å²) < 4.78 is 60.3. The van der Waals surface area contributed by atoms with Crippen LogP contribution in [0.15, 0.2) is 60.9 Å². The van der Waals surface area contributed by atoms with Crippen molar-refractivity contribution in [1.82, 2.24) is 14.6 Å². The summed E-state index contributed by atoms with van der Waals surface area (Å²) in [7, 11) is 0. The number of nitrogens with zero attached hydrogens (tertiary/aromatic N) is 3. The molecule has 2 aromatic carbocycles. The zero-order valence-electron chi connectivity index (χ0n) is 18.4. The van der Waals surface area contributed by atoms with E-state index in [2.05, 4.69) is 10.1 Å². The lowest BCUT2D eigenvalue weighted by Gasteiger charge is -2.24. The Bertz CT molecular complexity index is 1290. The molecule has 4 nitrogen and oxygen atoms in total. The molecule has 0 aliphatic heterocycles. The number of benzene rings is 2. The lowest BCUT2D eigenvalue weighted by Crippen LogP contribution is -2.12. The van der Waals surface area contributed by atoms with E-state index < -0.39 is 17.6 Å². The molecular weight excluding hydrogens is 446 g/mol. The SMILES string of the molecule is Fc1ccc(C(F)(F)F)cc1COc1ccc(-c2cnc3ccnn3c2C2CCCCC2)cc1. The first-order valence-corrected chi connectivity index (χ1v) is 11.3. The van der Waals surface area contributed by atoms with Crippen molar-refractivity contribution in [3.8, 4) is 16.9 Å². The van der Waals surface area contributed by atoms with Crippen LogP contribution >= 0.6 is 0 Å². The van der Waals surface area contributed by atoms with Gasteiger partial charge in [0.1, 0.15) is 18.2 Å². The Labute approximate surface area is 194 Å². The Morgan fingerprint density at radius 3 is 2.47 bits per heavy atom. The van der Waals surface area contributed by atoms with Gasteiger partial charge in [0, 0.05) is 29.3 Å². The van der Waals surface area contributed by atoms with Crippen LogP contribution in [0.5, 0.6) is 5.75 Å². The van der Waals surface area contributed by atoms with Gasteiger partial charge in [-0.15, -0.1) is 0 Å². The summed E-state index contributed by atoms with van der Waals surface area (Å²) >= 11 is 0.